The number of thiophene rings is 1. The smallest absolute Gasteiger partial charge is 0.261 e. The topological polar surface area (TPSA) is 81.1 Å². The van der Waals surface area contributed by atoms with Crippen LogP contribution in [0.2, 0.25) is 5.02 Å². The third-order valence-electron chi connectivity index (χ3n) is 3.78. The fraction of sp³-hybridized carbons (Fsp3) is 0.222. The Labute approximate surface area is 158 Å². The molecule has 2 heterocycles. The van der Waals surface area contributed by atoms with Crippen LogP contribution in [-0.4, -0.2) is 27.8 Å². The number of nitrogens with zero attached hydrogens (tertiary/aromatic N) is 2. The Balaban J connectivity index is 1.75. The van der Waals surface area contributed by atoms with Crippen molar-refractivity contribution in [3.63, 3.8) is 0 Å². The van der Waals surface area contributed by atoms with Gasteiger partial charge in [-0.25, -0.2) is 4.98 Å². The highest BCUT2D eigenvalue weighted by Crippen LogP contribution is 2.18. The van der Waals surface area contributed by atoms with Crippen LogP contribution in [0, 0.1) is 0 Å². The summed E-state index contributed by atoms with van der Waals surface area (Å²) in [5.41, 5.74) is 0.243. The number of halogens is 1. The molecule has 0 fully saturated rings. The second-order valence-corrected chi connectivity index (χ2v) is 7.37. The molecule has 26 heavy (non-hydrogen) atoms. The van der Waals surface area contributed by atoms with Crippen molar-refractivity contribution in [3.05, 3.63) is 61.8 Å². The van der Waals surface area contributed by atoms with Gasteiger partial charge in [0.25, 0.3) is 5.56 Å². The van der Waals surface area contributed by atoms with E-state index in [2.05, 4.69) is 10.3 Å². The summed E-state index contributed by atoms with van der Waals surface area (Å²) in [6, 6.07) is 8.50. The summed E-state index contributed by atoms with van der Waals surface area (Å²) in [7, 11) is 0. The molecule has 2 aromatic heterocycles. The summed E-state index contributed by atoms with van der Waals surface area (Å²) >= 11 is 7.31. The standard InChI is InChI=1S/C18H16ClN3O3S/c1-11(23)20-7-6-13-3-5-17(26-13)16(24)9-22-10-21-15-4-2-12(19)8-14(15)18(22)25/h2-5,8,10H,6-7,9H2,1H3,(H,20,23). The Morgan fingerprint density at radius 3 is 2.85 bits per heavy atom. The van der Waals surface area contributed by atoms with Crippen LogP contribution in [0.3, 0.4) is 0 Å². The zero-order chi connectivity index (χ0) is 18.7. The van der Waals surface area contributed by atoms with Gasteiger partial charge in [0.1, 0.15) is 0 Å². The maximum Gasteiger partial charge on any atom is 0.261 e. The van der Waals surface area contributed by atoms with E-state index in [9.17, 15) is 14.4 Å². The number of hydrogen-bond acceptors (Lipinski definition) is 5. The number of nitrogens with one attached hydrogen (secondary N) is 1. The number of fused-ring (bicyclic) bond motifs is 1. The Kier molecular flexibility index (Phi) is 5.49. The van der Waals surface area contributed by atoms with Crippen LogP contribution in [0.25, 0.3) is 10.9 Å². The van der Waals surface area contributed by atoms with Crippen LogP contribution in [0.1, 0.15) is 21.5 Å². The Morgan fingerprint density at radius 1 is 1.27 bits per heavy atom. The van der Waals surface area contributed by atoms with Gasteiger partial charge in [-0.3, -0.25) is 19.0 Å². The second-order valence-electron chi connectivity index (χ2n) is 5.76. The van der Waals surface area contributed by atoms with Crippen LogP contribution in [0.5, 0.6) is 0 Å². The first-order valence-electron chi connectivity index (χ1n) is 7.95. The lowest BCUT2D eigenvalue weighted by molar-refractivity contribution is -0.118. The molecule has 0 unspecified atom stereocenters. The van der Waals surface area contributed by atoms with Gasteiger partial charge in [0.2, 0.25) is 5.91 Å². The van der Waals surface area contributed by atoms with E-state index in [0.29, 0.717) is 33.8 Å². The maximum absolute atomic E-state index is 12.5. The quantitative estimate of drug-likeness (QED) is 0.657. The number of carbonyl (C=O) groups excluding carboxylic acids is 2. The molecule has 1 aromatic carbocycles. The Bertz CT molecular complexity index is 1040. The number of ketones is 1. The Morgan fingerprint density at radius 2 is 2.08 bits per heavy atom. The van der Waals surface area contributed by atoms with Crippen molar-refractivity contribution in [2.24, 2.45) is 0 Å². The summed E-state index contributed by atoms with van der Waals surface area (Å²) in [4.78, 5) is 41.7. The molecule has 0 aliphatic heterocycles. The molecule has 134 valence electrons. The van der Waals surface area contributed by atoms with Gasteiger partial charge in [-0.15, -0.1) is 11.3 Å². The van der Waals surface area contributed by atoms with Gasteiger partial charge in [0.15, 0.2) is 5.78 Å². The fourth-order valence-electron chi connectivity index (χ4n) is 2.50. The van der Waals surface area contributed by atoms with E-state index >= 15 is 0 Å². The molecule has 0 radical (unpaired) electrons. The van der Waals surface area contributed by atoms with Crippen LogP contribution < -0.4 is 10.9 Å². The summed E-state index contributed by atoms with van der Waals surface area (Å²) in [5.74, 6) is -0.243. The van der Waals surface area contributed by atoms with E-state index in [4.69, 9.17) is 11.6 Å². The first-order chi connectivity index (χ1) is 12.4. The molecule has 0 saturated heterocycles. The molecule has 6 nitrogen and oxygen atoms in total. The molecule has 0 aliphatic carbocycles. The molecule has 8 heteroatoms. The molecule has 1 N–H and O–H groups in total. The number of hydrogen-bond donors (Lipinski definition) is 1. The first kappa shape index (κ1) is 18.3. The van der Waals surface area contributed by atoms with E-state index in [-0.39, 0.29) is 23.8 Å². The predicted octanol–water partition coefficient (Wildman–Crippen LogP) is 2.67. The van der Waals surface area contributed by atoms with Gasteiger partial charge in [0, 0.05) is 23.4 Å². The molecule has 0 bridgehead atoms. The molecule has 0 spiro atoms. The average Bonchev–Trinajstić information content (AvgIpc) is 3.06. The summed E-state index contributed by atoms with van der Waals surface area (Å²) < 4.78 is 1.29. The fourth-order valence-corrected chi connectivity index (χ4v) is 3.61. The van der Waals surface area contributed by atoms with E-state index in [1.54, 1.807) is 24.3 Å². The van der Waals surface area contributed by atoms with Gasteiger partial charge in [-0.05, 0) is 36.8 Å². The zero-order valence-electron chi connectivity index (χ0n) is 14.0. The highest BCUT2D eigenvalue weighted by molar-refractivity contribution is 7.14. The van der Waals surface area contributed by atoms with Crippen molar-refractivity contribution in [3.8, 4) is 0 Å². The molecule has 0 atom stereocenters. The van der Waals surface area contributed by atoms with Crippen molar-refractivity contribution in [2.45, 2.75) is 19.9 Å². The molecule has 0 aliphatic rings. The first-order valence-corrected chi connectivity index (χ1v) is 9.14. The van der Waals surface area contributed by atoms with Crippen molar-refractivity contribution in [2.75, 3.05) is 6.54 Å². The van der Waals surface area contributed by atoms with Crippen LogP contribution in [-0.2, 0) is 17.8 Å². The lowest BCUT2D eigenvalue weighted by Crippen LogP contribution is -2.24. The largest absolute Gasteiger partial charge is 0.356 e. The van der Waals surface area contributed by atoms with Gasteiger partial charge < -0.3 is 5.32 Å². The minimum Gasteiger partial charge on any atom is -0.356 e. The number of benzene rings is 1. The van der Waals surface area contributed by atoms with Crippen LogP contribution in [0.15, 0.2) is 41.5 Å². The minimum absolute atomic E-state index is 0.0823. The van der Waals surface area contributed by atoms with Crippen LogP contribution in [0.4, 0.5) is 0 Å². The summed E-state index contributed by atoms with van der Waals surface area (Å²) in [5, 5.41) is 3.55. The van der Waals surface area contributed by atoms with Gasteiger partial charge in [0.05, 0.1) is 28.7 Å². The monoisotopic (exact) mass is 389 g/mol. The highest BCUT2D eigenvalue weighted by atomic mass is 35.5. The van der Waals surface area contributed by atoms with E-state index in [0.717, 1.165) is 4.88 Å². The molecule has 3 rings (SSSR count). The summed E-state index contributed by atoms with van der Waals surface area (Å²) in [6.45, 7) is 1.91. The van der Waals surface area contributed by atoms with Crippen molar-refractivity contribution >= 4 is 45.5 Å². The molecular weight excluding hydrogens is 374 g/mol. The van der Waals surface area contributed by atoms with Crippen LogP contribution >= 0.6 is 22.9 Å². The predicted molar refractivity (Wildman–Crippen MR) is 102 cm³/mol. The van der Waals surface area contributed by atoms with Crippen molar-refractivity contribution in [1.82, 2.24) is 14.9 Å². The molecule has 3 aromatic rings. The lowest BCUT2D eigenvalue weighted by atomic mass is 10.2. The summed E-state index contributed by atoms with van der Waals surface area (Å²) in [6.07, 6.45) is 2.04. The van der Waals surface area contributed by atoms with Gasteiger partial charge >= 0.3 is 0 Å². The zero-order valence-corrected chi connectivity index (χ0v) is 15.6. The van der Waals surface area contributed by atoms with E-state index < -0.39 is 0 Å². The highest BCUT2D eigenvalue weighted by Gasteiger charge is 2.13. The van der Waals surface area contributed by atoms with E-state index in [1.807, 2.05) is 6.07 Å². The molecule has 0 saturated carbocycles. The maximum atomic E-state index is 12.5. The SMILES string of the molecule is CC(=O)NCCc1ccc(C(=O)Cn2cnc3ccc(Cl)cc3c2=O)s1. The second kappa shape index (κ2) is 7.80. The number of Topliss-reactive ketones (excluding diaryl/α,β-unsaturated/α-hetero) is 1. The molecular formula is C18H16ClN3O3S. The van der Waals surface area contributed by atoms with E-state index in [1.165, 1.54) is 29.2 Å². The number of amides is 1. The lowest BCUT2D eigenvalue weighted by Gasteiger charge is -2.05. The third kappa shape index (κ3) is 4.17. The molecule has 1 amide bonds. The Hall–Kier alpha value is -2.51. The third-order valence-corrected chi connectivity index (χ3v) is 5.20. The normalized spacial score (nSPS) is 10.8. The van der Waals surface area contributed by atoms with Crippen molar-refractivity contribution in [1.29, 1.82) is 0 Å². The number of carbonyl (C=O) groups is 2. The number of aromatic nitrogens is 2. The average molecular weight is 390 g/mol. The van der Waals surface area contributed by atoms with Gasteiger partial charge in [-0.1, -0.05) is 11.6 Å². The van der Waals surface area contributed by atoms with Crippen molar-refractivity contribution < 1.29 is 9.59 Å². The minimum atomic E-state index is -0.298. The van der Waals surface area contributed by atoms with Gasteiger partial charge in [-0.2, -0.15) is 0 Å². The number of rotatable bonds is 6.